The SMILES string of the molecule is [2H]c1c([2H])c(B2OC(C)(C)C(C)(C)O2)c(N)c(C([2H])([2H])[2H])c1[2H]. The van der Waals surface area contributed by atoms with Crippen molar-refractivity contribution in [3.63, 3.8) is 0 Å². The summed E-state index contributed by atoms with van der Waals surface area (Å²) in [5.74, 6) is 0. The zero-order chi connectivity index (χ0) is 18.0. The smallest absolute Gasteiger partial charge is 0.399 e. The van der Waals surface area contributed by atoms with Crippen molar-refractivity contribution in [2.24, 2.45) is 0 Å². The average Bonchev–Trinajstić information content (AvgIpc) is 2.53. The lowest BCUT2D eigenvalue weighted by Gasteiger charge is -2.32. The highest BCUT2D eigenvalue weighted by atomic mass is 16.7. The highest BCUT2D eigenvalue weighted by Gasteiger charge is 2.52. The van der Waals surface area contributed by atoms with Crippen LogP contribution in [0.1, 0.15) is 41.5 Å². The van der Waals surface area contributed by atoms with E-state index in [1.54, 1.807) is 0 Å². The average molecular weight is 239 g/mol. The number of hydrogen-bond donors (Lipinski definition) is 1. The number of anilines is 1. The zero-order valence-electron chi connectivity index (χ0n) is 16.5. The number of para-hydroxylation sites is 1. The van der Waals surface area contributed by atoms with E-state index in [0.717, 1.165) is 0 Å². The summed E-state index contributed by atoms with van der Waals surface area (Å²) in [7, 11) is -1.06. The lowest BCUT2D eigenvalue weighted by atomic mass is 9.77. The predicted molar refractivity (Wildman–Crippen MR) is 71.3 cm³/mol. The molecule has 1 aliphatic heterocycles. The first-order valence-corrected chi connectivity index (χ1v) is 5.46. The molecule has 0 atom stereocenters. The van der Waals surface area contributed by atoms with Gasteiger partial charge in [-0.2, -0.15) is 0 Å². The molecule has 2 rings (SSSR count). The van der Waals surface area contributed by atoms with E-state index >= 15 is 0 Å². The number of rotatable bonds is 1. The molecule has 92 valence electrons. The molecule has 1 saturated heterocycles. The molecule has 0 aromatic heterocycles. The summed E-state index contributed by atoms with van der Waals surface area (Å²) in [6.07, 6.45) is 0. The molecule has 4 heteroatoms. The normalized spacial score (nSPS) is 27.6. The summed E-state index contributed by atoms with van der Waals surface area (Å²) < 4.78 is 58.1. The van der Waals surface area contributed by atoms with Gasteiger partial charge in [0.15, 0.2) is 0 Å². The molecule has 1 heterocycles. The van der Waals surface area contributed by atoms with Gasteiger partial charge in [0.25, 0.3) is 0 Å². The Morgan fingerprint density at radius 2 is 1.82 bits per heavy atom. The maximum absolute atomic E-state index is 8.07. The fraction of sp³-hybridized carbons (Fsp3) is 0.538. The Hall–Kier alpha value is -0.995. The van der Waals surface area contributed by atoms with Crippen LogP contribution in [0.3, 0.4) is 0 Å². The van der Waals surface area contributed by atoms with Crippen LogP contribution in [-0.4, -0.2) is 18.3 Å². The van der Waals surface area contributed by atoms with Crippen LogP contribution in [0.4, 0.5) is 5.69 Å². The van der Waals surface area contributed by atoms with Gasteiger partial charge in [0.1, 0.15) is 0 Å². The summed E-state index contributed by atoms with van der Waals surface area (Å²) in [4.78, 5) is 0. The Balaban J connectivity index is 2.68. The van der Waals surface area contributed by atoms with Gasteiger partial charge in [0.2, 0.25) is 0 Å². The van der Waals surface area contributed by atoms with Crippen molar-refractivity contribution in [3.05, 3.63) is 23.7 Å². The van der Waals surface area contributed by atoms with Crippen molar-refractivity contribution in [1.82, 2.24) is 0 Å². The van der Waals surface area contributed by atoms with Gasteiger partial charge in [-0.15, -0.1) is 0 Å². The Labute approximate surface area is 112 Å². The summed E-state index contributed by atoms with van der Waals surface area (Å²) in [5.41, 5.74) is 3.88. The van der Waals surface area contributed by atoms with E-state index in [1.165, 1.54) is 0 Å². The first-order valence-electron chi connectivity index (χ1n) is 8.46. The van der Waals surface area contributed by atoms with Crippen molar-refractivity contribution >= 4 is 18.3 Å². The van der Waals surface area contributed by atoms with Crippen LogP contribution in [0.2, 0.25) is 0 Å². The highest BCUT2D eigenvalue weighted by molar-refractivity contribution is 6.63. The van der Waals surface area contributed by atoms with E-state index in [-0.39, 0.29) is 17.2 Å². The molecule has 0 saturated carbocycles. The molecule has 0 bridgehead atoms. The van der Waals surface area contributed by atoms with Gasteiger partial charge < -0.3 is 15.0 Å². The minimum atomic E-state index is -2.66. The fourth-order valence-electron chi connectivity index (χ4n) is 1.58. The Bertz CT molecular complexity index is 643. The largest absolute Gasteiger partial charge is 0.496 e. The molecule has 0 unspecified atom stereocenters. The number of nitrogen functional groups attached to an aromatic ring is 1. The molecule has 1 fully saturated rings. The van der Waals surface area contributed by atoms with Crippen molar-refractivity contribution in [3.8, 4) is 0 Å². The quantitative estimate of drug-likeness (QED) is 0.601. The molecule has 1 aromatic carbocycles. The second-order valence-electron chi connectivity index (χ2n) is 5.17. The molecule has 0 spiro atoms. The molecular formula is C13H20BNO2. The van der Waals surface area contributed by atoms with Crippen molar-refractivity contribution in [2.45, 2.75) is 45.7 Å². The minimum absolute atomic E-state index is 0.00391. The number of hydrogen-bond acceptors (Lipinski definition) is 3. The van der Waals surface area contributed by atoms with Gasteiger partial charge in [0, 0.05) is 15.3 Å². The molecule has 2 N–H and O–H groups in total. The van der Waals surface area contributed by atoms with E-state index in [1.807, 2.05) is 27.7 Å². The number of benzene rings is 1. The van der Waals surface area contributed by atoms with E-state index in [0.29, 0.717) is 0 Å². The second-order valence-corrected chi connectivity index (χ2v) is 5.17. The van der Waals surface area contributed by atoms with E-state index < -0.39 is 42.8 Å². The van der Waals surface area contributed by atoms with Gasteiger partial charge in [-0.1, -0.05) is 18.1 Å². The molecule has 17 heavy (non-hydrogen) atoms. The first-order chi connectivity index (χ1) is 10.2. The molecule has 0 aliphatic carbocycles. The highest BCUT2D eigenvalue weighted by Crippen LogP contribution is 2.36. The third-order valence-corrected chi connectivity index (χ3v) is 3.43. The van der Waals surface area contributed by atoms with Crippen molar-refractivity contribution in [2.75, 3.05) is 5.73 Å². The van der Waals surface area contributed by atoms with Gasteiger partial charge in [-0.25, -0.2) is 0 Å². The minimum Gasteiger partial charge on any atom is -0.399 e. The van der Waals surface area contributed by atoms with Crippen molar-refractivity contribution < 1.29 is 17.5 Å². The lowest BCUT2D eigenvalue weighted by molar-refractivity contribution is 0.00578. The molecular weight excluding hydrogens is 213 g/mol. The maximum Gasteiger partial charge on any atom is 0.496 e. The van der Waals surface area contributed by atoms with E-state index in [2.05, 4.69) is 0 Å². The van der Waals surface area contributed by atoms with Crippen LogP contribution < -0.4 is 11.2 Å². The molecule has 0 radical (unpaired) electrons. The second kappa shape index (κ2) is 3.75. The van der Waals surface area contributed by atoms with E-state index in [4.69, 9.17) is 23.3 Å². The Kier molecular flexibility index (Phi) is 1.50. The monoisotopic (exact) mass is 239 g/mol. The fourth-order valence-corrected chi connectivity index (χ4v) is 1.58. The summed E-state index contributed by atoms with van der Waals surface area (Å²) in [5, 5.41) is 0. The molecule has 3 nitrogen and oxygen atoms in total. The predicted octanol–water partition coefficient (Wildman–Crippen LogP) is 1.88. The summed E-state index contributed by atoms with van der Waals surface area (Å²) in [6, 6.07) is -1.41. The van der Waals surface area contributed by atoms with Gasteiger partial charge in [0.05, 0.1) is 15.3 Å². The van der Waals surface area contributed by atoms with Crippen LogP contribution in [0.5, 0.6) is 0 Å². The third-order valence-electron chi connectivity index (χ3n) is 3.43. The maximum atomic E-state index is 8.07. The van der Waals surface area contributed by atoms with Gasteiger partial charge in [-0.3, -0.25) is 0 Å². The third kappa shape index (κ3) is 1.96. The van der Waals surface area contributed by atoms with Crippen LogP contribution in [0, 0.1) is 6.85 Å². The lowest BCUT2D eigenvalue weighted by Crippen LogP contribution is -2.41. The summed E-state index contributed by atoms with van der Waals surface area (Å²) in [6.45, 7) is 4.61. The Morgan fingerprint density at radius 3 is 2.35 bits per heavy atom. The van der Waals surface area contributed by atoms with Crippen molar-refractivity contribution in [1.29, 1.82) is 0 Å². The molecule has 1 aromatic rings. The van der Waals surface area contributed by atoms with Crippen LogP contribution >= 0.6 is 0 Å². The number of nitrogens with two attached hydrogens (primary N) is 1. The van der Waals surface area contributed by atoms with Gasteiger partial charge >= 0.3 is 7.12 Å². The molecule has 0 amide bonds. The zero-order valence-corrected chi connectivity index (χ0v) is 10.5. The van der Waals surface area contributed by atoms with E-state index in [9.17, 15) is 0 Å². The molecule has 1 aliphatic rings. The van der Waals surface area contributed by atoms with Gasteiger partial charge in [-0.05, 0) is 40.1 Å². The van der Waals surface area contributed by atoms with Crippen LogP contribution in [-0.2, 0) is 9.31 Å². The van der Waals surface area contributed by atoms with Crippen LogP contribution in [0.25, 0.3) is 0 Å². The van der Waals surface area contributed by atoms with Crippen LogP contribution in [0.15, 0.2) is 18.1 Å². The standard InChI is InChI=1S/C13H20BNO2/c1-9-7-6-8-10(11(9)15)14-16-12(2,3)13(4,5)17-14/h6-8H,15H2,1-5H3/i1D3,6D,7D,8D. The summed E-state index contributed by atoms with van der Waals surface area (Å²) >= 11 is 0. The Morgan fingerprint density at radius 1 is 1.24 bits per heavy atom. The topological polar surface area (TPSA) is 44.5 Å². The first kappa shape index (κ1) is 6.81.